The van der Waals surface area contributed by atoms with Gasteiger partial charge in [0.15, 0.2) is 0 Å². The molecule has 0 unspecified atom stereocenters. The highest BCUT2D eigenvalue weighted by molar-refractivity contribution is 5.94. The predicted octanol–water partition coefficient (Wildman–Crippen LogP) is 3.11. The maximum Gasteiger partial charge on any atom is 0.325 e. The number of cyclic esters (lactones) is 1. The number of rotatable bonds is 2. The molecule has 1 aromatic carbocycles. The second kappa shape index (κ2) is 13.7. The van der Waals surface area contributed by atoms with Crippen LogP contribution in [0.1, 0.15) is 77.7 Å². The van der Waals surface area contributed by atoms with E-state index in [0.717, 1.165) is 36.1 Å². The topological polar surface area (TPSA) is 133 Å². The van der Waals surface area contributed by atoms with Crippen molar-refractivity contribution >= 4 is 40.7 Å². The van der Waals surface area contributed by atoms with Gasteiger partial charge in [0.25, 0.3) is 5.91 Å². The molecular weight excluding hydrogens is 572 g/mol. The molecule has 2 fully saturated rings. The molecule has 4 atom stereocenters. The van der Waals surface area contributed by atoms with Gasteiger partial charge in [0.2, 0.25) is 11.8 Å². The fourth-order valence-electron chi connectivity index (χ4n) is 6.32. The minimum absolute atomic E-state index is 0.195. The number of carbonyl (C=O) groups excluding carboxylic acids is 4. The van der Waals surface area contributed by atoms with Crippen LogP contribution in [0.25, 0.3) is 17.0 Å². The number of likely N-dealkylation sites (tertiary alicyclic amines) is 1. The van der Waals surface area contributed by atoms with Crippen molar-refractivity contribution in [1.82, 2.24) is 31.0 Å². The molecule has 4 heterocycles. The van der Waals surface area contributed by atoms with Gasteiger partial charge in [-0.15, -0.1) is 0 Å². The Morgan fingerprint density at radius 3 is 2.47 bits per heavy atom. The van der Waals surface area contributed by atoms with Crippen molar-refractivity contribution in [3.8, 4) is 0 Å². The lowest BCUT2D eigenvalue weighted by Crippen LogP contribution is -2.61. The SMILES string of the molecule is CCN1CCC2(C=Cc3ccc4ccc(nc4c3)[C@@H](C)OC(=O)[C@@H]3CCCN(N3)C(=O)[C@H](C)NC(=O)[C@H](C(C)C)NC2=O)CC1. The van der Waals surface area contributed by atoms with Gasteiger partial charge in [0, 0.05) is 11.9 Å². The first-order valence-electron chi connectivity index (χ1n) is 16.2. The van der Waals surface area contributed by atoms with Gasteiger partial charge < -0.3 is 20.3 Å². The largest absolute Gasteiger partial charge is 0.455 e. The molecule has 11 nitrogen and oxygen atoms in total. The second-order valence-corrected chi connectivity index (χ2v) is 12.9. The third-order valence-electron chi connectivity index (χ3n) is 9.39. The molecule has 3 aliphatic rings. The van der Waals surface area contributed by atoms with Gasteiger partial charge in [-0.3, -0.25) is 24.2 Å². The third-order valence-corrected chi connectivity index (χ3v) is 9.39. The Labute approximate surface area is 265 Å². The van der Waals surface area contributed by atoms with Gasteiger partial charge in [-0.25, -0.2) is 10.4 Å². The van der Waals surface area contributed by atoms with E-state index in [4.69, 9.17) is 9.72 Å². The van der Waals surface area contributed by atoms with E-state index in [9.17, 15) is 19.2 Å². The number of nitrogens with zero attached hydrogens (tertiary/aromatic N) is 3. The molecule has 3 N–H and O–H groups in total. The highest BCUT2D eigenvalue weighted by Gasteiger charge is 2.41. The number of hydrogen-bond acceptors (Lipinski definition) is 8. The summed E-state index contributed by atoms with van der Waals surface area (Å²) in [5, 5.41) is 8.20. The van der Waals surface area contributed by atoms with E-state index < -0.39 is 41.5 Å². The molecular formula is C34H46N6O5. The summed E-state index contributed by atoms with van der Waals surface area (Å²) in [5.41, 5.74) is 4.46. The number of esters is 1. The molecule has 1 aromatic heterocycles. The van der Waals surface area contributed by atoms with Crippen molar-refractivity contribution in [2.75, 3.05) is 26.2 Å². The third kappa shape index (κ3) is 7.20. The zero-order chi connectivity index (χ0) is 32.3. The number of piperidine rings is 1. The van der Waals surface area contributed by atoms with Crippen LogP contribution in [0.2, 0.25) is 0 Å². The minimum Gasteiger partial charge on any atom is -0.455 e. The standard InChI is InChI=1S/C34H46N6O5/c1-6-39-18-15-34(16-19-39)14-13-24-9-10-25-11-12-26(36-28(25)20-24)23(5)45-32(43)27-8-7-17-40(38-27)31(42)22(4)35-30(41)29(21(2)3)37-33(34)44/h9-14,20-23,27,29,38H,6-8,15-19H2,1-5H3,(H,35,41)(H,37,44)/t22-,23+,27-,29-/m0/s1. The summed E-state index contributed by atoms with van der Waals surface area (Å²) in [6, 6.07) is 7.34. The van der Waals surface area contributed by atoms with Crippen LogP contribution in [0.4, 0.5) is 0 Å². The van der Waals surface area contributed by atoms with E-state index in [1.807, 2.05) is 56.3 Å². The van der Waals surface area contributed by atoms with Crippen molar-refractivity contribution in [3.05, 3.63) is 47.7 Å². The lowest BCUT2D eigenvalue weighted by atomic mass is 9.76. The quantitative estimate of drug-likeness (QED) is 0.438. The fourth-order valence-corrected chi connectivity index (χ4v) is 6.32. The van der Waals surface area contributed by atoms with Crippen LogP contribution >= 0.6 is 0 Å². The van der Waals surface area contributed by atoms with Crippen molar-refractivity contribution in [3.63, 3.8) is 0 Å². The number of hydrogen-bond donors (Lipinski definition) is 3. The van der Waals surface area contributed by atoms with Crippen LogP contribution in [-0.4, -0.2) is 82.9 Å². The van der Waals surface area contributed by atoms with Crippen LogP contribution in [0.3, 0.4) is 0 Å². The van der Waals surface area contributed by atoms with Crippen molar-refractivity contribution in [2.45, 2.75) is 84.5 Å². The van der Waals surface area contributed by atoms with E-state index in [2.05, 4.69) is 27.9 Å². The lowest BCUT2D eigenvalue weighted by molar-refractivity contribution is -0.157. The Hall–Kier alpha value is -3.83. The normalized spacial score (nSPS) is 27.0. The van der Waals surface area contributed by atoms with Crippen LogP contribution < -0.4 is 16.1 Å². The van der Waals surface area contributed by atoms with E-state index in [-0.39, 0.29) is 17.7 Å². The van der Waals surface area contributed by atoms with Gasteiger partial charge in [-0.05, 0) is 82.8 Å². The summed E-state index contributed by atoms with van der Waals surface area (Å²) < 4.78 is 5.81. The molecule has 0 radical (unpaired) electrons. The Morgan fingerprint density at radius 1 is 1.02 bits per heavy atom. The van der Waals surface area contributed by atoms with Gasteiger partial charge in [-0.1, -0.05) is 51.1 Å². The first-order valence-corrected chi connectivity index (χ1v) is 16.2. The number of amides is 3. The molecule has 0 saturated carbocycles. The smallest absolute Gasteiger partial charge is 0.325 e. The molecule has 242 valence electrons. The first-order chi connectivity index (χ1) is 21.5. The number of ether oxygens (including phenoxy) is 1. The molecule has 45 heavy (non-hydrogen) atoms. The maximum absolute atomic E-state index is 14.1. The molecule has 3 aliphatic heterocycles. The van der Waals surface area contributed by atoms with Crippen LogP contribution in [0, 0.1) is 11.3 Å². The zero-order valence-corrected chi connectivity index (χ0v) is 27.0. The number of fused-ring (bicyclic) bond motifs is 4. The number of carbonyl (C=O) groups is 4. The number of nitrogens with one attached hydrogen (secondary N) is 3. The van der Waals surface area contributed by atoms with E-state index in [0.29, 0.717) is 37.9 Å². The van der Waals surface area contributed by atoms with Gasteiger partial charge in [0.05, 0.1) is 16.6 Å². The van der Waals surface area contributed by atoms with Crippen molar-refractivity contribution in [2.24, 2.45) is 11.3 Å². The Morgan fingerprint density at radius 2 is 1.76 bits per heavy atom. The van der Waals surface area contributed by atoms with E-state index in [1.54, 1.807) is 13.8 Å². The molecule has 11 heteroatoms. The number of pyridine rings is 1. The van der Waals surface area contributed by atoms with Crippen LogP contribution in [0.15, 0.2) is 36.4 Å². The summed E-state index contributed by atoms with van der Waals surface area (Å²) in [6.07, 6.45) is 5.68. The summed E-state index contributed by atoms with van der Waals surface area (Å²) in [7, 11) is 0. The number of hydrazine groups is 1. The number of benzene rings is 1. The first kappa shape index (κ1) is 32.6. The van der Waals surface area contributed by atoms with Gasteiger partial charge in [-0.2, -0.15) is 0 Å². The average molecular weight is 619 g/mol. The lowest BCUT2D eigenvalue weighted by Gasteiger charge is -2.39. The number of aromatic nitrogens is 1. The Balaban J connectivity index is 1.53. The molecule has 5 bridgehead atoms. The summed E-state index contributed by atoms with van der Waals surface area (Å²) in [4.78, 5) is 61.4. The minimum atomic E-state index is -0.880. The molecule has 0 aliphatic carbocycles. The zero-order valence-electron chi connectivity index (χ0n) is 27.0. The highest BCUT2D eigenvalue weighted by Crippen LogP contribution is 2.35. The highest BCUT2D eigenvalue weighted by atomic mass is 16.5. The molecule has 2 aromatic rings. The van der Waals surface area contributed by atoms with Crippen LogP contribution in [0.5, 0.6) is 0 Å². The fraction of sp³-hybridized carbons (Fsp3) is 0.559. The Kier molecular flexibility index (Phi) is 9.88. The average Bonchev–Trinajstić information content (AvgIpc) is 3.04. The molecule has 2 saturated heterocycles. The summed E-state index contributed by atoms with van der Waals surface area (Å²) in [6.45, 7) is 12.1. The molecule has 3 amide bonds. The van der Waals surface area contributed by atoms with E-state index in [1.165, 1.54) is 5.01 Å². The summed E-state index contributed by atoms with van der Waals surface area (Å²) in [5.74, 6) is -1.67. The summed E-state index contributed by atoms with van der Waals surface area (Å²) >= 11 is 0. The van der Waals surface area contributed by atoms with Crippen LogP contribution in [-0.2, 0) is 23.9 Å². The molecule has 1 spiro atoms. The Bertz CT molecular complexity index is 1470. The predicted molar refractivity (Wildman–Crippen MR) is 171 cm³/mol. The van der Waals surface area contributed by atoms with Gasteiger partial charge >= 0.3 is 5.97 Å². The van der Waals surface area contributed by atoms with Crippen molar-refractivity contribution < 1.29 is 23.9 Å². The second-order valence-electron chi connectivity index (χ2n) is 12.9. The van der Waals surface area contributed by atoms with E-state index >= 15 is 0 Å². The molecule has 5 rings (SSSR count). The monoisotopic (exact) mass is 618 g/mol. The van der Waals surface area contributed by atoms with Crippen molar-refractivity contribution in [1.29, 1.82) is 0 Å². The van der Waals surface area contributed by atoms with Gasteiger partial charge in [0.1, 0.15) is 24.2 Å². The maximum atomic E-state index is 14.1.